The Balaban J connectivity index is 4.03. The van der Waals surface area contributed by atoms with Crippen molar-refractivity contribution in [3.8, 4) is 0 Å². The van der Waals surface area contributed by atoms with E-state index >= 15 is 0 Å². The Morgan fingerprint density at radius 3 is 2.33 bits per heavy atom. The molecule has 0 aromatic carbocycles. The minimum absolute atomic E-state index is 0.124. The summed E-state index contributed by atoms with van der Waals surface area (Å²) in [5.74, 6) is -0.256. The van der Waals surface area contributed by atoms with E-state index in [9.17, 15) is 4.79 Å². The highest BCUT2D eigenvalue weighted by atomic mass is 28.3. The molecule has 0 aromatic heterocycles. The maximum atomic E-state index is 11.1. The first-order valence-electron chi connectivity index (χ1n) is 4.15. The van der Waals surface area contributed by atoms with Gasteiger partial charge < -0.3 is 4.74 Å². The van der Waals surface area contributed by atoms with Crippen LogP contribution in [0.15, 0.2) is 12.2 Å². The lowest BCUT2D eigenvalue weighted by Crippen LogP contribution is -2.29. The molecule has 0 aromatic rings. The summed E-state index contributed by atoms with van der Waals surface area (Å²) < 4.78 is 5.23. The minimum atomic E-state index is -0.536. The highest BCUT2D eigenvalue weighted by molar-refractivity contribution is 6.57. The summed E-state index contributed by atoms with van der Waals surface area (Å²) in [5, 5.41) is 0. The second-order valence-corrected chi connectivity index (χ2v) is 5.96. The molecule has 0 rings (SSSR count). The number of ether oxygens (including phenoxy) is 1. The van der Waals surface area contributed by atoms with Crippen molar-refractivity contribution in [2.24, 2.45) is 0 Å². The van der Waals surface area contributed by atoms with Crippen molar-refractivity contribution >= 4 is 14.8 Å². The second-order valence-electron chi connectivity index (χ2n) is 3.16. The zero-order valence-electron chi connectivity index (χ0n) is 8.31. The molecule has 0 heterocycles. The maximum Gasteiger partial charge on any atom is 0.333 e. The van der Waals surface area contributed by atoms with Crippen LogP contribution in [0.4, 0.5) is 0 Å². The fraction of sp³-hybridized carbons (Fsp3) is 0.667. The first-order valence-corrected chi connectivity index (χ1v) is 6.73. The Bertz CT molecular complexity index is 175. The van der Waals surface area contributed by atoms with E-state index in [2.05, 4.69) is 19.7 Å². The normalized spacial score (nSPS) is 12.8. The van der Waals surface area contributed by atoms with Crippen LogP contribution in [0.25, 0.3) is 0 Å². The van der Waals surface area contributed by atoms with E-state index in [0.717, 1.165) is 6.42 Å². The summed E-state index contributed by atoms with van der Waals surface area (Å²) in [6.45, 7) is 11.5. The molecular weight excluding hydrogens is 168 g/mol. The molecule has 2 nitrogen and oxygen atoms in total. The third kappa shape index (κ3) is 3.71. The van der Waals surface area contributed by atoms with Crippen LogP contribution >= 0.6 is 0 Å². The van der Waals surface area contributed by atoms with E-state index in [1.807, 2.05) is 6.92 Å². The molecule has 3 heteroatoms. The Hall–Kier alpha value is -0.573. The van der Waals surface area contributed by atoms with Crippen molar-refractivity contribution in [3.63, 3.8) is 0 Å². The number of hydrogen-bond acceptors (Lipinski definition) is 2. The monoisotopic (exact) mass is 185 g/mol. The van der Waals surface area contributed by atoms with Gasteiger partial charge in [-0.15, -0.1) is 0 Å². The molecule has 0 aliphatic rings. The molecule has 12 heavy (non-hydrogen) atoms. The molecule has 1 unspecified atom stereocenters. The van der Waals surface area contributed by atoms with Crippen LogP contribution in [0, 0.1) is 0 Å². The Labute approximate surface area is 76.2 Å². The Morgan fingerprint density at radius 2 is 2.08 bits per heavy atom. The van der Waals surface area contributed by atoms with Crippen LogP contribution in [0.2, 0.25) is 13.1 Å². The molecule has 0 aliphatic heterocycles. The van der Waals surface area contributed by atoms with E-state index in [1.165, 1.54) is 0 Å². The van der Waals surface area contributed by atoms with Gasteiger partial charge in [-0.1, -0.05) is 26.6 Å². The lowest BCUT2D eigenvalue weighted by atomic mass is 10.4. The Kier molecular flexibility index (Phi) is 4.89. The molecule has 0 aliphatic carbocycles. The fourth-order valence-electron chi connectivity index (χ4n) is 0.839. The van der Waals surface area contributed by atoms with E-state index in [1.54, 1.807) is 6.92 Å². The van der Waals surface area contributed by atoms with Crippen LogP contribution in [-0.2, 0) is 9.53 Å². The first kappa shape index (κ1) is 11.4. The lowest BCUT2D eigenvalue weighted by molar-refractivity contribution is -0.141. The van der Waals surface area contributed by atoms with E-state index in [4.69, 9.17) is 4.74 Å². The lowest BCUT2D eigenvalue weighted by Gasteiger charge is -2.18. The predicted molar refractivity (Wildman–Crippen MR) is 52.5 cm³/mol. The van der Waals surface area contributed by atoms with E-state index in [0.29, 0.717) is 5.57 Å². The van der Waals surface area contributed by atoms with Crippen molar-refractivity contribution in [1.29, 1.82) is 0 Å². The number of hydrogen-bond donors (Lipinski definition) is 0. The third-order valence-corrected chi connectivity index (χ3v) is 3.43. The average Bonchev–Trinajstić information content (AvgIpc) is 1.98. The highest BCUT2D eigenvalue weighted by Gasteiger charge is 2.17. The molecule has 0 saturated heterocycles. The van der Waals surface area contributed by atoms with Crippen LogP contribution in [0.1, 0.15) is 20.3 Å². The topological polar surface area (TPSA) is 26.3 Å². The molecule has 0 bridgehead atoms. The summed E-state index contributed by atoms with van der Waals surface area (Å²) in [6, 6.07) is 0. The molecule has 0 saturated carbocycles. The molecule has 69 valence electrons. The van der Waals surface area contributed by atoms with Crippen molar-refractivity contribution < 1.29 is 9.53 Å². The summed E-state index contributed by atoms with van der Waals surface area (Å²) >= 11 is 0. The van der Waals surface area contributed by atoms with Gasteiger partial charge in [-0.25, -0.2) is 4.79 Å². The molecule has 0 N–H and O–H groups in total. The van der Waals surface area contributed by atoms with Crippen LogP contribution < -0.4 is 0 Å². The van der Waals surface area contributed by atoms with Gasteiger partial charge >= 0.3 is 5.97 Å². The molecular formula is C9H17O2Si. The Morgan fingerprint density at radius 1 is 1.58 bits per heavy atom. The molecule has 1 radical (unpaired) electrons. The minimum Gasteiger partial charge on any atom is -0.463 e. The summed E-state index contributed by atoms with van der Waals surface area (Å²) in [4.78, 5) is 11.1. The van der Waals surface area contributed by atoms with Crippen LogP contribution in [0.3, 0.4) is 0 Å². The van der Waals surface area contributed by atoms with Gasteiger partial charge in [-0.2, -0.15) is 0 Å². The average molecular weight is 185 g/mol. The number of esters is 1. The number of rotatable bonds is 4. The number of carbonyl (C=O) groups is 1. The summed E-state index contributed by atoms with van der Waals surface area (Å²) in [7, 11) is -0.536. The van der Waals surface area contributed by atoms with Gasteiger partial charge in [-0.3, -0.25) is 0 Å². The second kappa shape index (κ2) is 5.14. The first-order chi connectivity index (χ1) is 5.49. The fourth-order valence-corrected chi connectivity index (χ4v) is 2.00. The zero-order chi connectivity index (χ0) is 9.72. The zero-order valence-corrected chi connectivity index (χ0v) is 9.31. The van der Waals surface area contributed by atoms with Crippen LogP contribution in [0.5, 0.6) is 0 Å². The van der Waals surface area contributed by atoms with Crippen molar-refractivity contribution in [2.75, 3.05) is 0 Å². The molecule has 0 spiro atoms. The molecule has 0 amide bonds. The van der Waals surface area contributed by atoms with Gasteiger partial charge in [0.1, 0.15) is 0 Å². The smallest absolute Gasteiger partial charge is 0.333 e. The number of carbonyl (C=O) groups excluding carboxylic acids is 1. The van der Waals surface area contributed by atoms with Crippen LogP contribution in [-0.4, -0.2) is 20.5 Å². The SMILES string of the molecule is C=C(C)C(=O)OC(CC)[Si](C)C. The van der Waals surface area contributed by atoms with Crippen molar-refractivity contribution in [3.05, 3.63) is 12.2 Å². The van der Waals surface area contributed by atoms with Gasteiger partial charge in [0.2, 0.25) is 0 Å². The van der Waals surface area contributed by atoms with E-state index in [-0.39, 0.29) is 11.7 Å². The van der Waals surface area contributed by atoms with Gasteiger partial charge in [0, 0.05) is 5.57 Å². The van der Waals surface area contributed by atoms with Gasteiger partial charge in [0.15, 0.2) is 0 Å². The highest BCUT2D eigenvalue weighted by Crippen LogP contribution is 2.06. The molecule has 0 fully saturated rings. The quantitative estimate of drug-likeness (QED) is 0.381. The summed E-state index contributed by atoms with van der Waals surface area (Å²) in [6.07, 6.45) is 0.903. The maximum absolute atomic E-state index is 11.1. The third-order valence-electron chi connectivity index (χ3n) is 1.61. The van der Waals surface area contributed by atoms with Crippen molar-refractivity contribution in [2.45, 2.75) is 39.1 Å². The van der Waals surface area contributed by atoms with Gasteiger partial charge in [-0.05, 0) is 13.3 Å². The van der Waals surface area contributed by atoms with Crippen molar-refractivity contribution in [1.82, 2.24) is 0 Å². The van der Waals surface area contributed by atoms with E-state index < -0.39 is 8.80 Å². The molecule has 1 atom stereocenters. The van der Waals surface area contributed by atoms with Gasteiger partial charge in [0.25, 0.3) is 0 Å². The standard InChI is InChI=1S/C9H17O2Si/c1-6-8(12(4)5)11-9(10)7(2)3/h8H,2,6H2,1,3-5H3. The predicted octanol–water partition coefficient (Wildman–Crippen LogP) is 2.18. The largest absolute Gasteiger partial charge is 0.463 e. The summed E-state index contributed by atoms with van der Waals surface area (Å²) in [5.41, 5.74) is 0.607. The van der Waals surface area contributed by atoms with Gasteiger partial charge in [0.05, 0.1) is 14.5 Å².